The molecule has 4 heteroatoms. The molecule has 0 saturated heterocycles. The van der Waals surface area contributed by atoms with E-state index in [0.717, 1.165) is 17.8 Å². The van der Waals surface area contributed by atoms with Crippen molar-refractivity contribution in [2.45, 2.75) is 32.4 Å². The van der Waals surface area contributed by atoms with E-state index in [9.17, 15) is 4.55 Å². The van der Waals surface area contributed by atoms with Crippen molar-refractivity contribution in [3.05, 3.63) is 23.9 Å². The fraction of sp³-hybridized carbons (Fsp3) is 0.583. The van der Waals surface area contributed by atoms with Crippen LogP contribution in [0.5, 0.6) is 0 Å². The average molecular weight is 240 g/mol. The van der Waals surface area contributed by atoms with Crippen LogP contribution in [0.2, 0.25) is 0 Å². The Hall–Kier alpha value is -0.740. The molecule has 0 bridgehead atoms. The number of hydrogen-bond donors (Lipinski definition) is 0. The van der Waals surface area contributed by atoms with Gasteiger partial charge in [0.25, 0.3) is 0 Å². The van der Waals surface area contributed by atoms with Gasteiger partial charge in [-0.15, -0.1) is 0 Å². The van der Waals surface area contributed by atoms with Crippen LogP contribution in [0.25, 0.3) is 0 Å². The normalized spacial score (nSPS) is 19.8. The minimum atomic E-state index is -1.18. The van der Waals surface area contributed by atoms with Gasteiger partial charge >= 0.3 is 0 Å². The Morgan fingerprint density at radius 2 is 2.12 bits per heavy atom. The third-order valence-corrected chi connectivity index (χ3v) is 3.76. The van der Waals surface area contributed by atoms with E-state index in [1.165, 1.54) is 0 Å². The van der Waals surface area contributed by atoms with Gasteiger partial charge < -0.3 is 9.45 Å². The predicted molar refractivity (Wildman–Crippen MR) is 70.9 cm³/mol. The van der Waals surface area contributed by atoms with Crippen LogP contribution in [0.4, 0.5) is 0 Å². The van der Waals surface area contributed by atoms with Crippen LogP contribution < -0.4 is 0 Å². The van der Waals surface area contributed by atoms with Gasteiger partial charge in [-0.05, 0) is 45.5 Å². The summed E-state index contributed by atoms with van der Waals surface area (Å²) < 4.78 is 15.8. The second-order valence-corrected chi connectivity index (χ2v) is 6.86. The van der Waals surface area contributed by atoms with Gasteiger partial charge in [0.2, 0.25) is 0 Å². The van der Waals surface area contributed by atoms with Gasteiger partial charge in [-0.2, -0.15) is 0 Å². The SMILES string of the molecule is CC(=N[S+]([O-])C(C)(C)C)C1=CCN(C)C=C1. The number of rotatable bonds is 2. The minimum Gasteiger partial charge on any atom is -0.591 e. The molecule has 90 valence electrons. The average Bonchev–Trinajstić information content (AvgIpc) is 2.17. The fourth-order valence-corrected chi connectivity index (χ4v) is 1.79. The molecule has 3 nitrogen and oxygen atoms in total. The van der Waals surface area contributed by atoms with E-state index >= 15 is 0 Å². The first-order valence-electron chi connectivity index (χ1n) is 5.37. The van der Waals surface area contributed by atoms with E-state index in [1.807, 2.05) is 47.0 Å². The molecule has 0 aromatic carbocycles. The molecule has 0 amide bonds. The summed E-state index contributed by atoms with van der Waals surface area (Å²) in [4.78, 5) is 2.08. The van der Waals surface area contributed by atoms with Gasteiger partial charge in [-0.1, -0.05) is 10.5 Å². The quantitative estimate of drug-likeness (QED) is 0.549. The number of hydrogen-bond acceptors (Lipinski definition) is 3. The van der Waals surface area contributed by atoms with Crippen molar-refractivity contribution >= 4 is 17.1 Å². The van der Waals surface area contributed by atoms with Crippen molar-refractivity contribution in [2.24, 2.45) is 4.40 Å². The molecule has 0 spiro atoms. The van der Waals surface area contributed by atoms with Crippen LogP contribution in [-0.2, 0) is 11.4 Å². The summed E-state index contributed by atoms with van der Waals surface area (Å²) in [7, 11) is 2.02. The molecule has 1 aliphatic heterocycles. The van der Waals surface area contributed by atoms with Crippen LogP contribution in [0.15, 0.2) is 28.3 Å². The van der Waals surface area contributed by atoms with Crippen molar-refractivity contribution in [3.8, 4) is 0 Å². The largest absolute Gasteiger partial charge is 0.591 e. The van der Waals surface area contributed by atoms with E-state index in [1.54, 1.807) is 0 Å². The molecule has 0 saturated carbocycles. The summed E-state index contributed by atoms with van der Waals surface area (Å²) in [6, 6.07) is 0. The molecule has 0 radical (unpaired) electrons. The van der Waals surface area contributed by atoms with E-state index in [0.29, 0.717) is 0 Å². The Kier molecular flexibility index (Phi) is 4.21. The molecule has 0 aromatic heterocycles. The van der Waals surface area contributed by atoms with Crippen LogP contribution in [-0.4, -0.2) is 33.5 Å². The molecule has 0 aromatic rings. The predicted octanol–water partition coefficient (Wildman–Crippen LogP) is 2.29. The lowest BCUT2D eigenvalue weighted by molar-refractivity contribution is 0.503. The highest BCUT2D eigenvalue weighted by Crippen LogP contribution is 2.19. The number of likely N-dealkylation sites (N-methyl/N-ethyl adjacent to an activating group) is 1. The zero-order valence-corrected chi connectivity index (χ0v) is 11.5. The Morgan fingerprint density at radius 1 is 1.50 bits per heavy atom. The van der Waals surface area contributed by atoms with Crippen molar-refractivity contribution in [3.63, 3.8) is 0 Å². The Bertz CT molecular complexity index is 339. The van der Waals surface area contributed by atoms with Crippen LogP contribution in [0.1, 0.15) is 27.7 Å². The maximum Gasteiger partial charge on any atom is 0.144 e. The molecule has 1 heterocycles. The summed E-state index contributed by atoms with van der Waals surface area (Å²) in [6.07, 6.45) is 6.11. The van der Waals surface area contributed by atoms with Crippen LogP contribution in [0.3, 0.4) is 0 Å². The first-order valence-corrected chi connectivity index (χ1v) is 6.47. The third kappa shape index (κ3) is 3.68. The van der Waals surface area contributed by atoms with E-state index in [2.05, 4.69) is 15.4 Å². The lowest BCUT2D eigenvalue weighted by atomic mass is 10.1. The van der Waals surface area contributed by atoms with Crippen molar-refractivity contribution < 1.29 is 4.55 Å². The molecule has 1 unspecified atom stereocenters. The van der Waals surface area contributed by atoms with Crippen LogP contribution in [0, 0.1) is 0 Å². The molecule has 0 aliphatic carbocycles. The highest BCUT2D eigenvalue weighted by atomic mass is 32.2. The monoisotopic (exact) mass is 240 g/mol. The van der Waals surface area contributed by atoms with Gasteiger partial charge in [0.1, 0.15) is 16.1 Å². The molecular formula is C12H20N2OS. The van der Waals surface area contributed by atoms with E-state index in [4.69, 9.17) is 0 Å². The molecule has 16 heavy (non-hydrogen) atoms. The van der Waals surface area contributed by atoms with Crippen molar-refractivity contribution in [1.29, 1.82) is 0 Å². The summed E-state index contributed by atoms with van der Waals surface area (Å²) >= 11 is -1.18. The summed E-state index contributed by atoms with van der Waals surface area (Å²) in [6.45, 7) is 8.57. The maximum absolute atomic E-state index is 11.8. The zero-order chi connectivity index (χ0) is 12.3. The fourth-order valence-electron chi connectivity index (χ4n) is 1.16. The third-order valence-electron chi connectivity index (χ3n) is 2.27. The summed E-state index contributed by atoms with van der Waals surface area (Å²) in [5.41, 5.74) is 1.91. The molecule has 1 aliphatic rings. The van der Waals surface area contributed by atoms with Gasteiger partial charge in [0.05, 0.1) is 5.71 Å². The lowest BCUT2D eigenvalue weighted by Crippen LogP contribution is -2.27. The summed E-state index contributed by atoms with van der Waals surface area (Å²) in [5.74, 6) is 0. The standard InChI is InChI=1S/C12H20N2OS/c1-10(13-16(15)12(2,3)4)11-6-8-14(5)9-7-11/h6-8H,9H2,1-5H3. The highest BCUT2D eigenvalue weighted by Gasteiger charge is 2.26. The van der Waals surface area contributed by atoms with E-state index in [-0.39, 0.29) is 4.75 Å². The zero-order valence-electron chi connectivity index (χ0n) is 10.7. The molecular weight excluding hydrogens is 220 g/mol. The smallest absolute Gasteiger partial charge is 0.144 e. The molecule has 1 rings (SSSR count). The van der Waals surface area contributed by atoms with Crippen LogP contribution >= 0.6 is 0 Å². The van der Waals surface area contributed by atoms with Gasteiger partial charge in [-0.25, -0.2) is 0 Å². The second-order valence-electron chi connectivity index (χ2n) is 4.95. The molecule has 1 atom stereocenters. The van der Waals surface area contributed by atoms with E-state index < -0.39 is 11.4 Å². The van der Waals surface area contributed by atoms with Gasteiger partial charge in [-0.3, -0.25) is 0 Å². The highest BCUT2D eigenvalue weighted by molar-refractivity contribution is 7.91. The van der Waals surface area contributed by atoms with Crippen molar-refractivity contribution in [2.75, 3.05) is 13.6 Å². The molecule has 0 fully saturated rings. The maximum atomic E-state index is 11.8. The van der Waals surface area contributed by atoms with Gasteiger partial charge in [0.15, 0.2) is 0 Å². The lowest BCUT2D eigenvalue weighted by Gasteiger charge is -2.20. The Morgan fingerprint density at radius 3 is 2.56 bits per heavy atom. The number of allylic oxidation sites excluding steroid dienone is 2. The number of nitrogens with zero attached hydrogens (tertiary/aromatic N) is 2. The Balaban J connectivity index is 2.75. The van der Waals surface area contributed by atoms with Gasteiger partial charge in [0, 0.05) is 13.6 Å². The second kappa shape index (κ2) is 5.06. The molecule has 0 N–H and O–H groups in total. The first kappa shape index (κ1) is 13.3. The summed E-state index contributed by atoms with van der Waals surface area (Å²) in [5, 5.41) is 0. The minimum absolute atomic E-state index is 0.295. The topological polar surface area (TPSA) is 38.7 Å². The van der Waals surface area contributed by atoms with Crippen molar-refractivity contribution in [1.82, 2.24) is 4.90 Å². The first-order chi connectivity index (χ1) is 7.30. The Labute approximate surface area is 101 Å².